The highest BCUT2D eigenvalue weighted by atomic mass is 32.1. The van der Waals surface area contributed by atoms with Crippen LogP contribution in [0.3, 0.4) is 0 Å². The number of rotatable bonds is 7. The summed E-state index contributed by atoms with van der Waals surface area (Å²) in [7, 11) is 0. The summed E-state index contributed by atoms with van der Waals surface area (Å²) in [5.41, 5.74) is 0.928. The van der Waals surface area contributed by atoms with Crippen LogP contribution >= 0.6 is 11.5 Å². The Bertz CT molecular complexity index is 557. The predicted molar refractivity (Wildman–Crippen MR) is 79.9 cm³/mol. The summed E-state index contributed by atoms with van der Waals surface area (Å²) in [6.45, 7) is 2.04. The van der Waals surface area contributed by atoms with Crippen LogP contribution in [0, 0.1) is 0 Å². The van der Waals surface area contributed by atoms with Crippen molar-refractivity contribution in [2.45, 2.75) is 32.2 Å². The van der Waals surface area contributed by atoms with E-state index in [-0.39, 0.29) is 0 Å². The molecule has 0 fully saturated rings. The van der Waals surface area contributed by atoms with Gasteiger partial charge in [0, 0.05) is 17.1 Å². The normalized spacial score (nSPS) is 12.1. The molecule has 0 amide bonds. The molecule has 0 aliphatic carbocycles. The lowest BCUT2D eigenvalue weighted by Gasteiger charge is -2.12. The summed E-state index contributed by atoms with van der Waals surface area (Å²) < 4.78 is 4.25. The number of nitrogens with zero attached hydrogens (tertiary/aromatic N) is 2. The Hall–Kier alpha value is -1.95. The van der Waals surface area contributed by atoms with Crippen LogP contribution in [0.1, 0.15) is 26.2 Å². The van der Waals surface area contributed by atoms with Gasteiger partial charge in [-0.15, -0.1) is 0 Å². The van der Waals surface area contributed by atoms with Crippen molar-refractivity contribution in [3.8, 4) is 11.4 Å². The van der Waals surface area contributed by atoms with Gasteiger partial charge in [0.05, 0.1) is 0 Å². The number of nitrogens with one attached hydrogen (secondary N) is 1. The fourth-order valence-corrected chi connectivity index (χ4v) is 2.44. The van der Waals surface area contributed by atoms with Crippen molar-refractivity contribution in [1.82, 2.24) is 9.36 Å². The molecule has 5 nitrogen and oxygen atoms in total. The second kappa shape index (κ2) is 7.00. The predicted octanol–water partition coefficient (Wildman–Crippen LogP) is 3.26. The summed E-state index contributed by atoms with van der Waals surface area (Å²) in [4.78, 5) is 15.5. The van der Waals surface area contributed by atoms with E-state index in [1.807, 2.05) is 37.3 Å². The van der Waals surface area contributed by atoms with Crippen molar-refractivity contribution < 1.29 is 9.90 Å². The first-order valence-electron chi connectivity index (χ1n) is 6.59. The van der Waals surface area contributed by atoms with E-state index in [1.54, 1.807) is 0 Å². The van der Waals surface area contributed by atoms with Gasteiger partial charge in [-0.05, 0) is 6.42 Å². The highest BCUT2D eigenvalue weighted by molar-refractivity contribution is 7.09. The fourth-order valence-electron chi connectivity index (χ4n) is 1.80. The maximum atomic E-state index is 11.2. The zero-order valence-electron chi connectivity index (χ0n) is 11.2. The molecule has 1 aromatic carbocycles. The molecule has 0 unspecified atom stereocenters. The molecule has 20 heavy (non-hydrogen) atoms. The van der Waals surface area contributed by atoms with E-state index in [2.05, 4.69) is 14.7 Å². The summed E-state index contributed by atoms with van der Waals surface area (Å²) in [5.74, 6) is -0.229. The fraction of sp³-hybridized carbons (Fsp3) is 0.357. The van der Waals surface area contributed by atoms with Gasteiger partial charge in [0.15, 0.2) is 5.82 Å². The third-order valence-electron chi connectivity index (χ3n) is 2.90. The number of aromatic nitrogens is 2. The zero-order valence-corrected chi connectivity index (χ0v) is 12.1. The van der Waals surface area contributed by atoms with Gasteiger partial charge >= 0.3 is 5.97 Å². The van der Waals surface area contributed by atoms with Gasteiger partial charge in [0.25, 0.3) is 0 Å². The number of carboxylic acid groups (broad SMARTS) is 1. The molecule has 0 radical (unpaired) electrons. The van der Waals surface area contributed by atoms with Gasteiger partial charge in [0.1, 0.15) is 6.04 Å². The maximum absolute atomic E-state index is 11.2. The Labute approximate surface area is 121 Å². The summed E-state index contributed by atoms with van der Waals surface area (Å²) in [6, 6.07) is 9.02. The molecule has 0 aliphatic rings. The van der Waals surface area contributed by atoms with Crippen LogP contribution < -0.4 is 5.32 Å². The van der Waals surface area contributed by atoms with Gasteiger partial charge in [-0.3, -0.25) is 0 Å². The second-order valence-electron chi connectivity index (χ2n) is 4.47. The lowest BCUT2D eigenvalue weighted by Crippen LogP contribution is -2.29. The number of hydrogen-bond acceptors (Lipinski definition) is 5. The molecule has 6 heteroatoms. The van der Waals surface area contributed by atoms with E-state index in [0.717, 1.165) is 18.4 Å². The summed E-state index contributed by atoms with van der Waals surface area (Å²) in [5, 5.41) is 12.7. The smallest absolute Gasteiger partial charge is 0.326 e. The van der Waals surface area contributed by atoms with E-state index < -0.39 is 12.0 Å². The summed E-state index contributed by atoms with van der Waals surface area (Å²) >= 11 is 1.19. The van der Waals surface area contributed by atoms with Crippen molar-refractivity contribution in [2.24, 2.45) is 0 Å². The van der Waals surface area contributed by atoms with Gasteiger partial charge in [-0.25, -0.2) is 4.79 Å². The molecule has 2 rings (SSSR count). The Balaban J connectivity index is 2.06. The second-order valence-corrected chi connectivity index (χ2v) is 5.22. The van der Waals surface area contributed by atoms with Crippen molar-refractivity contribution in [3.63, 3.8) is 0 Å². The quantitative estimate of drug-likeness (QED) is 0.819. The number of carboxylic acids is 1. The Morgan fingerprint density at radius 2 is 2.15 bits per heavy atom. The van der Waals surface area contributed by atoms with E-state index in [9.17, 15) is 9.90 Å². The third-order valence-corrected chi connectivity index (χ3v) is 3.55. The molecule has 0 saturated carbocycles. The van der Waals surface area contributed by atoms with Gasteiger partial charge < -0.3 is 10.4 Å². The Morgan fingerprint density at radius 3 is 2.80 bits per heavy atom. The number of benzene rings is 1. The first-order chi connectivity index (χ1) is 9.70. The molecule has 2 aromatic rings. The molecule has 0 saturated heterocycles. The first kappa shape index (κ1) is 14.5. The van der Waals surface area contributed by atoms with E-state index in [1.165, 1.54) is 11.5 Å². The number of aliphatic carboxylic acids is 1. The van der Waals surface area contributed by atoms with Gasteiger partial charge in [-0.1, -0.05) is 50.1 Å². The molecule has 2 N–H and O–H groups in total. The number of carbonyl (C=O) groups is 1. The minimum absolute atomic E-state index is 0.548. The minimum atomic E-state index is -0.852. The molecule has 0 spiro atoms. The van der Waals surface area contributed by atoms with Crippen molar-refractivity contribution in [2.75, 3.05) is 5.32 Å². The molecular formula is C14H17N3O2S. The molecule has 1 heterocycles. The highest BCUT2D eigenvalue weighted by Crippen LogP contribution is 2.21. The van der Waals surface area contributed by atoms with E-state index in [0.29, 0.717) is 17.4 Å². The van der Waals surface area contributed by atoms with Crippen LogP contribution in [-0.4, -0.2) is 26.5 Å². The monoisotopic (exact) mass is 291 g/mol. The van der Waals surface area contributed by atoms with Crippen molar-refractivity contribution >= 4 is 22.6 Å². The first-order valence-corrected chi connectivity index (χ1v) is 7.36. The number of anilines is 1. The maximum Gasteiger partial charge on any atom is 0.326 e. The van der Waals surface area contributed by atoms with Gasteiger partial charge in [-0.2, -0.15) is 9.36 Å². The van der Waals surface area contributed by atoms with Crippen LogP contribution in [0.25, 0.3) is 11.4 Å². The lowest BCUT2D eigenvalue weighted by molar-refractivity contribution is -0.138. The van der Waals surface area contributed by atoms with Crippen molar-refractivity contribution in [1.29, 1.82) is 0 Å². The standard InChI is InChI=1S/C14H17N3O2S/c1-2-3-9-11(13(18)19)15-14-16-12(17-20-14)10-7-5-4-6-8-10/h4-8,11H,2-3,9H2,1H3,(H,18,19)(H,15,16,17)/t11-/m0/s1. The van der Waals surface area contributed by atoms with Gasteiger partial charge in [0.2, 0.25) is 5.13 Å². The molecule has 1 atom stereocenters. The number of unbranched alkanes of at least 4 members (excludes halogenated alkanes) is 1. The molecule has 106 valence electrons. The molecular weight excluding hydrogens is 274 g/mol. The average Bonchev–Trinajstić information content (AvgIpc) is 2.92. The van der Waals surface area contributed by atoms with Crippen molar-refractivity contribution in [3.05, 3.63) is 30.3 Å². The minimum Gasteiger partial charge on any atom is -0.480 e. The number of hydrogen-bond donors (Lipinski definition) is 2. The SMILES string of the molecule is CCCC[C@H](Nc1nc(-c2ccccc2)ns1)C(=O)O. The van der Waals surface area contributed by atoms with Crippen LogP contribution in [0.4, 0.5) is 5.13 Å². The molecule has 0 aliphatic heterocycles. The molecule has 0 bridgehead atoms. The van der Waals surface area contributed by atoms with Crippen LogP contribution in [0.5, 0.6) is 0 Å². The zero-order chi connectivity index (χ0) is 14.4. The van der Waals surface area contributed by atoms with Crippen LogP contribution in [0.2, 0.25) is 0 Å². The van der Waals surface area contributed by atoms with Crippen LogP contribution in [0.15, 0.2) is 30.3 Å². The highest BCUT2D eigenvalue weighted by Gasteiger charge is 2.18. The lowest BCUT2D eigenvalue weighted by atomic mass is 10.1. The summed E-state index contributed by atoms with van der Waals surface area (Å²) in [6.07, 6.45) is 2.43. The van der Waals surface area contributed by atoms with E-state index in [4.69, 9.17) is 0 Å². The largest absolute Gasteiger partial charge is 0.480 e. The Morgan fingerprint density at radius 1 is 1.40 bits per heavy atom. The third kappa shape index (κ3) is 3.77. The van der Waals surface area contributed by atoms with E-state index >= 15 is 0 Å². The topological polar surface area (TPSA) is 75.1 Å². The van der Waals surface area contributed by atoms with Crippen LogP contribution in [-0.2, 0) is 4.79 Å². The molecule has 1 aromatic heterocycles. The Kier molecular flexibility index (Phi) is 5.06. The average molecular weight is 291 g/mol.